The maximum absolute atomic E-state index is 13.3. The minimum absolute atomic E-state index is 0.0117. The molecule has 0 aliphatic carbocycles. The average molecular weight is 436 g/mol. The minimum atomic E-state index is -0.410. The first-order chi connectivity index (χ1) is 15.1. The maximum Gasteiger partial charge on any atom is 0.227 e. The quantitative estimate of drug-likeness (QED) is 0.524. The number of carbonyl (C=O) groups is 2. The monoisotopic (exact) mass is 435 g/mol. The second kappa shape index (κ2) is 11.0. The number of halogens is 1. The predicted molar refractivity (Wildman–Crippen MR) is 119 cm³/mol. The van der Waals surface area contributed by atoms with E-state index < -0.39 is 6.04 Å². The highest BCUT2D eigenvalue weighted by Crippen LogP contribution is 2.26. The van der Waals surface area contributed by atoms with Crippen LogP contribution in [0.25, 0.3) is 0 Å². The van der Waals surface area contributed by atoms with Gasteiger partial charge in [0.05, 0.1) is 18.5 Å². The summed E-state index contributed by atoms with van der Waals surface area (Å²) in [6, 6.07) is 20.5. The standard InChI is InChI=1S/C24H22FN3O2S/c25-19-11-9-18(10-12-19)24(21-8-4-17-31-21)27-22(29)13-14-23(30)28(16-5-15-26)20-6-2-1-3-7-20/h1-4,6-12,17,24H,5,13-14,16H2,(H,27,29). The molecule has 5 nitrogen and oxygen atoms in total. The molecule has 0 fully saturated rings. The van der Waals surface area contributed by atoms with Crippen LogP contribution in [0.2, 0.25) is 0 Å². The molecular weight excluding hydrogens is 413 g/mol. The van der Waals surface area contributed by atoms with Crippen molar-refractivity contribution in [2.24, 2.45) is 0 Å². The smallest absolute Gasteiger partial charge is 0.227 e. The van der Waals surface area contributed by atoms with Gasteiger partial charge < -0.3 is 10.2 Å². The van der Waals surface area contributed by atoms with Gasteiger partial charge in [-0.3, -0.25) is 9.59 Å². The second-order valence-electron chi connectivity index (χ2n) is 6.86. The molecule has 3 aromatic rings. The molecule has 7 heteroatoms. The largest absolute Gasteiger partial charge is 0.344 e. The molecule has 0 bridgehead atoms. The van der Waals surface area contributed by atoms with Crippen molar-refractivity contribution < 1.29 is 14.0 Å². The molecule has 0 saturated heterocycles. The number of nitrogens with one attached hydrogen (secondary N) is 1. The number of benzene rings is 2. The van der Waals surface area contributed by atoms with E-state index in [1.165, 1.54) is 28.4 Å². The van der Waals surface area contributed by atoms with Crippen LogP contribution < -0.4 is 10.2 Å². The summed E-state index contributed by atoms with van der Waals surface area (Å²) in [6.45, 7) is 0.272. The van der Waals surface area contributed by atoms with Crippen LogP contribution in [0, 0.1) is 17.1 Å². The van der Waals surface area contributed by atoms with Crippen LogP contribution in [0.4, 0.5) is 10.1 Å². The Labute approximate surface area is 184 Å². The van der Waals surface area contributed by atoms with Gasteiger partial charge in [-0.2, -0.15) is 5.26 Å². The van der Waals surface area contributed by atoms with Crippen molar-refractivity contribution >= 4 is 28.8 Å². The summed E-state index contributed by atoms with van der Waals surface area (Å²) in [5, 5.41) is 13.8. The van der Waals surface area contributed by atoms with Gasteiger partial charge in [0, 0.05) is 30.0 Å². The van der Waals surface area contributed by atoms with Crippen LogP contribution in [-0.4, -0.2) is 18.4 Å². The van der Waals surface area contributed by atoms with E-state index >= 15 is 0 Å². The van der Waals surface area contributed by atoms with Crippen molar-refractivity contribution in [1.82, 2.24) is 5.32 Å². The van der Waals surface area contributed by atoms with Gasteiger partial charge in [-0.25, -0.2) is 4.39 Å². The lowest BCUT2D eigenvalue weighted by Crippen LogP contribution is -2.34. The fourth-order valence-electron chi connectivity index (χ4n) is 3.19. The van der Waals surface area contributed by atoms with E-state index in [0.717, 1.165) is 10.4 Å². The molecule has 0 spiro atoms. The minimum Gasteiger partial charge on any atom is -0.344 e. The third-order valence-corrected chi connectivity index (χ3v) is 5.66. The van der Waals surface area contributed by atoms with Crippen molar-refractivity contribution in [3.8, 4) is 6.07 Å². The first kappa shape index (κ1) is 22.2. The molecule has 31 heavy (non-hydrogen) atoms. The van der Waals surface area contributed by atoms with Gasteiger partial charge in [0.2, 0.25) is 11.8 Å². The number of carbonyl (C=O) groups excluding carboxylic acids is 2. The number of rotatable bonds is 9. The predicted octanol–water partition coefficient (Wildman–Crippen LogP) is 4.82. The Morgan fingerprint density at radius 1 is 1.03 bits per heavy atom. The van der Waals surface area contributed by atoms with Gasteiger partial charge in [-0.05, 0) is 41.3 Å². The maximum atomic E-state index is 13.3. The molecule has 158 valence electrons. The number of para-hydroxylation sites is 1. The highest BCUT2D eigenvalue weighted by molar-refractivity contribution is 7.10. The number of hydrogen-bond acceptors (Lipinski definition) is 4. The highest BCUT2D eigenvalue weighted by Gasteiger charge is 2.20. The zero-order valence-corrected chi connectivity index (χ0v) is 17.6. The fraction of sp³-hybridized carbons (Fsp3) is 0.208. The summed E-state index contributed by atoms with van der Waals surface area (Å²) >= 11 is 1.49. The summed E-state index contributed by atoms with van der Waals surface area (Å²) < 4.78 is 13.3. The topological polar surface area (TPSA) is 73.2 Å². The second-order valence-corrected chi connectivity index (χ2v) is 7.84. The molecule has 3 rings (SSSR count). The van der Waals surface area contributed by atoms with E-state index in [1.807, 2.05) is 35.7 Å². The molecule has 2 amide bonds. The number of amides is 2. The molecule has 2 aromatic carbocycles. The van der Waals surface area contributed by atoms with Gasteiger partial charge in [-0.1, -0.05) is 36.4 Å². The van der Waals surface area contributed by atoms with Crippen LogP contribution in [0.15, 0.2) is 72.1 Å². The summed E-state index contributed by atoms with van der Waals surface area (Å²) in [4.78, 5) is 27.9. The van der Waals surface area contributed by atoms with Crippen LogP contribution in [-0.2, 0) is 9.59 Å². The lowest BCUT2D eigenvalue weighted by atomic mass is 10.0. The Kier molecular flexibility index (Phi) is 7.91. The molecule has 1 N–H and O–H groups in total. The van der Waals surface area contributed by atoms with Crippen LogP contribution in [0.5, 0.6) is 0 Å². The molecular formula is C24H22FN3O2S. The van der Waals surface area contributed by atoms with E-state index in [9.17, 15) is 14.0 Å². The van der Waals surface area contributed by atoms with E-state index in [0.29, 0.717) is 5.69 Å². The van der Waals surface area contributed by atoms with Crippen LogP contribution >= 0.6 is 11.3 Å². The molecule has 1 atom stereocenters. The van der Waals surface area contributed by atoms with Gasteiger partial charge in [0.1, 0.15) is 5.82 Å². The zero-order chi connectivity index (χ0) is 22.1. The zero-order valence-electron chi connectivity index (χ0n) is 16.8. The Hall–Kier alpha value is -3.50. The van der Waals surface area contributed by atoms with Gasteiger partial charge in [0.25, 0.3) is 0 Å². The number of thiophene rings is 1. The van der Waals surface area contributed by atoms with Crippen molar-refractivity contribution in [2.45, 2.75) is 25.3 Å². The summed E-state index contributed by atoms with van der Waals surface area (Å²) in [6.07, 6.45) is 0.238. The van der Waals surface area contributed by atoms with Gasteiger partial charge >= 0.3 is 0 Å². The number of anilines is 1. The Morgan fingerprint density at radius 2 is 1.77 bits per heavy atom. The molecule has 0 aliphatic heterocycles. The fourth-order valence-corrected chi connectivity index (χ4v) is 3.99. The summed E-state index contributed by atoms with van der Waals surface area (Å²) in [5.74, 6) is -0.834. The Balaban J connectivity index is 1.66. The van der Waals surface area contributed by atoms with Crippen LogP contribution in [0.3, 0.4) is 0 Å². The van der Waals surface area contributed by atoms with Crippen molar-refractivity contribution in [2.75, 3.05) is 11.4 Å². The molecule has 1 unspecified atom stereocenters. The van der Waals surface area contributed by atoms with E-state index in [2.05, 4.69) is 11.4 Å². The number of hydrogen-bond donors (Lipinski definition) is 1. The average Bonchev–Trinajstić information content (AvgIpc) is 3.32. The lowest BCUT2D eigenvalue weighted by Gasteiger charge is -2.22. The highest BCUT2D eigenvalue weighted by atomic mass is 32.1. The summed E-state index contributed by atoms with van der Waals surface area (Å²) in [5.41, 5.74) is 1.47. The van der Waals surface area contributed by atoms with Crippen molar-refractivity contribution in [1.29, 1.82) is 5.26 Å². The first-order valence-electron chi connectivity index (χ1n) is 9.89. The van der Waals surface area contributed by atoms with Crippen LogP contribution in [0.1, 0.15) is 35.7 Å². The van der Waals surface area contributed by atoms with E-state index in [1.54, 1.807) is 24.3 Å². The number of nitriles is 1. The van der Waals surface area contributed by atoms with E-state index in [-0.39, 0.29) is 43.4 Å². The Morgan fingerprint density at radius 3 is 2.42 bits per heavy atom. The van der Waals surface area contributed by atoms with Crippen molar-refractivity contribution in [3.63, 3.8) is 0 Å². The molecule has 0 aliphatic rings. The normalized spacial score (nSPS) is 11.4. The van der Waals surface area contributed by atoms with Crippen molar-refractivity contribution in [3.05, 3.63) is 88.4 Å². The molecule has 1 aromatic heterocycles. The number of nitrogens with zero attached hydrogens (tertiary/aromatic N) is 2. The van der Waals surface area contributed by atoms with Gasteiger partial charge in [-0.15, -0.1) is 11.3 Å². The SMILES string of the molecule is N#CCCN(C(=O)CCC(=O)NC(c1ccc(F)cc1)c1cccs1)c1ccccc1. The summed E-state index contributed by atoms with van der Waals surface area (Å²) in [7, 11) is 0. The Bertz CT molecular complexity index is 1030. The van der Waals surface area contributed by atoms with E-state index in [4.69, 9.17) is 5.26 Å². The third-order valence-electron chi connectivity index (χ3n) is 4.72. The third kappa shape index (κ3) is 6.24. The molecule has 0 radical (unpaired) electrons. The first-order valence-corrected chi connectivity index (χ1v) is 10.8. The molecule has 1 heterocycles. The lowest BCUT2D eigenvalue weighted by molar-refractivity contribution is -0.125. The molecule has 0 saturated carbocycles. The van der Waals surface area contributed by atoms with Gasteiger partial charge in [0.15, 0.2) is 0 Å².